The minimum absolute atomic E-state index is 0.195. The lowest BCUT2D eigenvalue weighted by Gasteiger charge is -2.22. The lowest BCUT2D eigenvalue weighted by Crippen LogP contribution is -2.30. The molecule has 1 aromatic carbocycles. The van der Waals surface area contributed by atoms with Gasteiger partial charge >= 0.3 is 0 Å². The molecule has 1 saturated heterocycles. The number of hydrogen-bond donors (Lipinski definition) is 1. The first kappa shape index (κ1) is 10.7. The monoisotopic (exact) mass is 233 g/mol. The van der Waals surface area contributed by atoms with Gasteiger partial charge < -0.3 is 5.32 Å². The van der Waals surface area contributed by atoms with Crippen LogP contribution in [0.25, 0.3) is 10.9 Å². The molecule has 17 heavy (non-hydrogen) atoms. The topological polar surface area (TPSA) is 29.9 Å². The Labute approximate surface area is 99.6 Å². The first-order valence-corrected chi connectivity index (χ1v) is 6.15. The van der Waals surface area contributed by atoms with E-state index in [1.807, 2.05) is 10.7 Å². The summed E-state index contributed by atoms with van der Waals surface area (Å²) in [6.07, 6.45) is 4.14. The van der Waals surface area contributed by atoms with Crippen LogP contribution in [-0.4, -0.2) is 22.9 Å². The molecule has 0 unspecified atom stereocenters. The van der Waals surface area contributed by atoms with Gasteiger partial charge in [-0.15, -0.1) is 0 Å². The van der Waals surface area contributed by atoms with Gasteiger partial charge in [-0.05, 0) is 50.0 Å². The number of benzene rings is 1. The molecule has 1 N–H and O–H groups in total. The number of nitrogens with one attached hydrogen (secondary N) is 1. The molecule has 0 spiro atoms. The summed E-state index contributed by atoms with van der Waals surface area (Å²) in [4.78, 5) is 0. The van der Waals surface area contributed by atoms with E-state index in [-0.39, 0.29) is 5.82 Å². The average molecular weight is 233 g/mol. The van der Waals surface area contributed by atoms with Gasteiger partial charge in [0.1, 0.15) is 5.82 Å². The van der Waals surface area contributed by atoms with Crippen molar-refractivity contribution in [2.75, 3.05) is 13.1 Å². The van der Waals surface area contributed by atoms with Crippen LogP contribution >= 0.6 is 0 Å². The Balaban J connectivity index is 1.84. The SMILES string of the molecule is Fc1ccc2c(cnn2CC2CCNCC2)c1. The van der Waals surface area contributed by atoms with Crippen molar-refractivity contribution in [1.29, 1.82) is 0 Å². The summed E-state index contributed by atoms with van der Waals surface area (Å²) in [6.45, 7) is 3.13. The summed E-state index contributed by atoms with van der Waals surface area (Å²) in [7, 11) is 0. The molecule has 2 heterocycles. The van der Waals surface area contributed by atoms with Gasteiger partial charge in [0.25, 0.3) is 0 Å². The second-order valence-corrected chi connectivity index (χ2v) is 4.72. The van der Waals surface area contributed by atoms with E-state index in [1.165, 1.54) is 18.9 Å². The van der Waals surface area contributed by atoms with Crippen molar-refractivity contribution in [3.63, 3.8) is 0 Å². The number of fused-ring (bicyclic) bond motifs is 1. The van der Waals surface area contributed by atoms with E-state index in [0.29, 0.717) is 5.92 Å². The van der Waals surface area contributed by atoms with Crippen molar-refractivity contribution in [1.82, 2.24) is 15.1 Å². The summed E-state index contributed by atoms with van der Waals surface area (Å²) >= 11 is 0. The van der Waals surface area contributed by atoms with E-state index >= 15 is 0 Å². The Morgan fingerprint density at radius 2 is 2.18 bits per heavy atom. The predicted octanol–water partition coefficient (Wildman–Crippen LogP) is 2.17. The maximum atomic E-state index is 13.1. The highest BCUT2D eigenvalue weighted by Gasteiger charge is 2.15. The fourth-order valence-corrected chi connectivity index (χ4v) is 2.51. The normalized spacial score (nSPS) is 17.7. The summed E-state index contributed by atoms with van der Waals surface area (Å²) in [5, 5.41) is 8.61. The molecule has 1 aromatic heterocycles. The van der Waals surface area contributed by atoms with E-state index in [4.69, 9.17) is 0 Å². The van der Waals surface area contributed by atoms with Gasteiger partial charge in [-0.1, -0.05) is 0 Å². The van der Waals surface area contributed by atoms with Crippen molar-refractivity contribution in [2.24, 2.45) is 5.92 Å². The van der Waals surface area contributed by atoms with Crippen LogP contribution in [0.5, 0.6) is 0 Å². The van der Waals surface area contributed by atoms with Crippen molar-refractivity contribution >= 4 is 10.9 Å². The van der Waals surface area contributed by atoms with Crippen LogP contribution in [0.3, 0.4) is 0 Å². The predicted molar refractivity (Wildman–Crippen MR) is 65.3 cm³/mol. The highest BCUT2D eigenvalue weighted by atomic mass is 19.1. The molecule has 1 aliphatic heterocycles. The molecule has 1 fully saturated rings. The molecule has 2 aromatic rings. The van der Waals surface area contributed by atoms with Crippen molar-refractivity contribution in [3.8, 4) is 0 Å². The van der Waals surface area contributed by atoms with E-state index in [0.717, 1.165) is 30.5 Å². The Kier molecular flexibility index (Phi) is 2.81. The third-order valence-electron chi connectivity index (χ3n) is 3.49. The summed E-state index contributed by atoms with van der Waals surface area (Å²) in [6, 6.07) is 4.86. The van der Waals surface area contributed by atoms with Gasteiger partial charge in [-0.2, -0.15) is 5.10 Å². The Morgan fingerprint density at radius 3 is 3.00 bits per heavy atom. The number of nitrogens with zero attached hydrogens (tertiary/aromatic N) is 2. The van der Waals surface area contributed by atoms with Crippen LogP contribution < -0.4 is 5.32 Å². The Hall–Kier alpha value is -1.42. The minimum atomic E-state index is -0.195. The molecular formula is C13H16FN3. The first-order valence-electron chi connectivity index (χ1n) is 6.15. The highest BCUT2D eigenvalue weighted by molar-refractivity contribution is 5.78. The standard InChI is InChI=1S/C13H16FN3/c14-12-1-2-13-11(7-12)8-16-17(13)9-10-3-5-15-6-4-10/h1-2,7-8,10,15H,3-6,9H2. The maximum absolute atomic E-state index is 13.1. The summed E-state index contributed by atoms with van der Waals surface area (Å²) in [5.41, 5.74) is 1.03. The Bertz CT molecular complexity index is 514. The average Bonchev–Trinajstić information content (AvgIpc) is 2.73. The Morgan fingerprint density at radius 1 is 1.35 bits per heavy atom. The zero-order chi connectivity index (χ0) is 11.7. The zero-order valence-electron chi connectivity index (χ0n) is 9.69. The third-order valence-corrected chi connectivity index (χ3v) is 3.49. The zero-order valence-corrected chi connectivity index (χ0v) is 9.69. The minimum Gasteiger partial charge on any atom is -0.317 e. The van der Waals surface area contributed by atoms with E-state index in [1.54, 1.807) is 12.3 Å². The molecule has 0 saturated carbocycles. The molecule has 0 atom stereocenters. The highest BCUT2D eigenvalue weighted by Crippen LogP contribution is 2.19. The molecule has 0 bridgehead atoms. The summed E-state index contributed by atoms with van der Waals surface area (Å²) in [5.74, 6) is 0.489. The molecule has 0 aliphatic carbocycles. The second kappa shape index (κ2) is 4.45. The van der Waals surface area contributed by atoms with Crippen molar-refractivity contribution in [2.45, 2.75) is 19.4 Å². The van der Waals surface area contributed by atoms with Gasteiger partial charge in [-0.25, -0.2) is 4.39 Å². The quantitative estimate of drug-likeness (QED) is 0.861. The van der Waals surface area contributed by atoms with Crippen LogP contribution in [0.4, 0.5) is 4.39 Å². The first-order chi connectivity index (χ1) is 8.33. The number of aromatic nitrogens is 2. The molecule has 3 nitrogen and oxygen atoms in total. The molecular weight excluding hydrogens is 217 g/mol. The largest absolute Gasteiger partial charge is 0.317 e. The molecule has 90 valence electrons. The van der Waals surface area contributed by atoms with E-state index in [2.05, 4.69) is 10.4 Å². The van der Waals surface area contributed by atoms with Gasteiger partial charge in [0.2, 0.25) is 0 Å². The number of rotatable bonds is 2. The van der Waals surface area contributed by atoms with E-state index < -0.39 is 0 Å². The van der Waals surface area contributed by atoms with Gasteiger partial charge in [0, 0.05) is 11.9 Å². The molecule has 0 radical (unpaired) electrons. The van der Waals surface area contributed by atoms with Crippen LogP contribution in [0.2, 0.25) is 0 Å². The lowest BCUT2D eigenvalue weighted by atomic mass is 9.98. The third kappa shape index (κ3) is 2.17. The molecule has 1 aliphatic rings. The van der Waals surface area contributed by atoms with Crippen LogP contribution in [0.1, 0.15) is 12.8 Å². The smallest absolute Gasteiger partial charge is 0.124 e. The number of hydrogen-bond acceptors (Lipinski definition) is 2. The molecule has 4 heteroatoms. The fourth-order valence-electron chi connectivity index (χ4n) is 2.51. The van der Waals surface area contributed by atoms with E-state index in [9.17, 15) is 4.39 Å². The maximum Gasteiger partial charge on any atom is 0.124 e. The van der Waals surface area contributed by atoms with Crippen LogP contribution in [0, 0.1) is 11.7 Å². The molecule has 0 amide bonds. The lowest BCUT2D eigenvalue weighted by molar-refractivity contribution is 0.325. The van der Waals surface area contributed by atoms with Crippen molar-refractivity contribution in [3.05, 3.63) is 30.2 Å². The van der Waals surface area contributed by atoms with Crippen molar-refractivity contribution < 1.29 is 4.39 Å². The number of halogens is 1. The van der Waals surface area contributed by atoms with Crippen LogP contribution in [-0.2, 0) is 6.54 Å². The van der Waals surface area contributed by atoms with Gasteiger partial charge in [0.05, 0.1) is 11.7 Å². The second-order valence-electron chi connectivity index (χ2n) is 4.72. The number of piperidine rings is 1. The van der Waals surface area contributed by atoms with Crippen LogP contribution in [0.15, 0.2) is 24.4 Å². The fraction of sp³-hybridized carbons (Fsp3) is 0.462. The van der Waals surface area contributed by atoms with Gasteiger partial charge in [-0.3, -0.25) is 4.68 Å². The van der Waals surface area contributed by atoms with Gasteiger partial charge in [0.15, 0.2) is 0 Å². The summed E-state index contributed by atoms with van der Waals surface area (Å²) < 4.78 is 15.1. The molecule has 3 rings (SSSR count).